The van der Waals surface area contributed by atoms with Crippen LogP contribution in [0.5, 0.6) is 0 Å². The molecule has 2 heterocycles. The molecule has 2 rings (SSSR count). The smallest absolute Gasteiger partial charge is 0.368 e. The Hall–Kier alpha value is -1.57. The summed E-state index contributed by atoms with van der Waals surface area (Å²) in [5, 5.41) is 0. The number of nitrogens with zero attached hydrogens (tertiary/aromatic N) is 3. The van der Waals surface area contributed by atoms with Crippen LogP contribution in [0.2, 0.25) is 0 Å². The van der Waals surface area contributed by atoms with Gasteiger partial charge in [-0.25, -0.2) is 4.98 Å². The van der Waals surface area contributed by atoms with Crippen LogP contribution in [0.1, 0.15) is 5.69 Å². The number of nitrogens with two attached hydrogens (primary N) is 1. The molecule has 2 N–H and O–H groups in total. The number of morpholine rings is 1. The molecule has 1 aromatic heterocycles. The van der Waals surface area contributed by atoms with Crippen molar-refractivity contribution < 1.29 is 17.9 Å². The molecule has 0 aliphatic carbocycles. The second-order valence-electron chi connectivity index (χ2n) is 4.07. The van der Waals surface area contributed by atoms with Gasteiger partial charge >= 0.3 is 6.18 Å². The summed E-state index contributed by atoms with van der Waals surface area (Å²) in [7, 11) is 0. The van der Waals surface area contributed by atoms with Crippen LogP contribution in [0.15, 0.2) is 6.07 Å². The van der Waals surface area contributed by atoms with Gasteiger partial charge in [0.2, 0.25) is 5.95 Å². The summed E-state index contributed by atoms with van der Waals surface area (Å²) in [6, 6.07) is 1.61. The molecule has 1 aliphatic heterocycles. The van der Waals surface area contributed by atoms with Crippen molar-refractivity contribution in [2.75, 3.05) is 30.3 Å². The van der Waals surface area contributed by atoms with Gasteiger partial charge in [0.25, 0.3) is 0 Å². The fraction of sp³-hybridized carbons (Fsp3) is 0.600. The van der Waals surface area contributed by atoms with Crippen LogP contribution >= 0.6 is 0 Å². The largest absolute Gasteiger partial charge is 0.416 e. The molecule has 0 saturated carbocycles. The van der Waals surface area contributed by atoms with Crippen molar-refractivity contribution in [3.63, 3.8) is 0 Å². The molecule has 5 nitrogen and oxygen atoms in total. The Labute approximate surface area is 102 Å². The van der Waals surface area contributed by atoms with Crippen LogP contribution in [0.3, 0.4) is 0 Å². The maximum absolute atomic E-state index is 12.6. The lowest BCUT2D eigenvalue weighted by molar-refractivity contribution is -0.221. The predicted octanol–water partition coefficient (Wildman–Crippen LogP) is 1.13. The monoisotopic (exact) mass is 262 g/mol. The third-order valence-electron chi connectivity index (χ3n) is 2.61. The molecule has 1 saturated heterocycles. The standard InChI is InChI=1S/C10H13F3N4O/c1-6-4-8(16-9(14)15-6)17-2-3-18-7(5-17)10(11,12)13/h4,7H,2-3,5H2,1H3,(H2,14,15,16). The lowest BCUT2D eigenvalue weighted by Crippen LogP contribution is -2.49. The zero-order valence-electron chi connectivity index (χ0n) is 9.74. The Bertz CT molecular complexity index is 417. The highest BCUT2D eigenvalue weighted by Gasteiger charge is 2.43. The van der Waals surface area contributed by atoms with E-state index in [1.54, 1.807) is 13.0 Å². The first-order valence-corrected chi connectivity index (χ1v) is 5.40. The van der Waals surface area contributed by atoms with E-state index in [2.05, 4.69) is 9.97 Å². The van der Waals surface area contributed by atoms with Crippen molar-refractivity contribution in [2.45, 2.75) is 19.2 Å². The lowest BCUT2D eigenvalue weighted by atomic mass is 10.2. The first-order valence-electron chi connectivity index (χ1n) is 5.40. The van der Waals surface area contributed by atoms with Crippen LogP contribution in [-0.2, 0) is 4.74 Å². The number of hydrogen-bond acceptors (Lipinski definition) is 5. The minimum atomic E-state index is -4.37. The molecule has 1 fully saturated rings. The third kappa shape index (κ3) is 2.81. The van der Waals surface area contributed by atoms with E-state index < -0.39 is 12.3 Å². The number of alkyl halides is 3. The second-order valence-corrected chi connectivity index (χ2v) is 4.07. The van der Waals surface area contributed by atoms with Crippen LogP contribution < -0.4 is 10.6 Å². The number of hydrogen-bond donors (Lipinski definition) is 1. The van der Waals surface area contributed by atoms with Crippen LogP contribution in [0.4, 0.5) is 24.9 Å². The molecule has 0 aromatic carbocycles. The molecule has 1 unspecified atom stereocenters. The number of nitrogen functional groups attached to an aromatic ring is 1. The molecule has 18 heavy (non-hydrogen) atoms. The van der Waals surface area contributed by atoms with E-state index >= 15 is 0 Å². The molecule has 1 aromatic rings. The molecule has 1 atom stereocenters. The number of aromatic nitrogens is 2. The summed E-state index contributed by atoms with van der Waals surface area (Å²) in [5.74, 6) is 0.456. The van der Waals surface area contributed by atoms with Gasteiger partial charge in [0.15, 0.2) is 6.10 Å². The summed E-state index contributed by atoms with van der Waals surface area (Å²) >= 11 is 0. The van der Waals surface area contributed by atoms with Crippen LogP contribution in [0.25, 0.3) is 0 Å². The number of rotatable bonds is 1. The number of halogens is 3. The van der Waals surface area contributed by atoms with Crippen molar-refractivity contribution in [1.82, 2.24) is 9.97 Å². The average Bonchev–Trinajstić information content (AvgIpc) is 2.27. The van der Waals surface area contributed by atoms with E-state index in [1.165, 1.54) is 4.90 Å². The summed E-state index contributed by atoms with van der Waals surface area (Å²) in [5.41, 5.74) is 6.10. The van der Waals surface area contributed by atoms with E-state index in [9.17, 15) is 13.2 Å². The maximum Gasteiger partial charge on any atom is 0.416 e. The van der Waals surface area contributed by atoms with Crippen molar-refractivity contribution >= 4 is 11.8 Å². The Morgan fingerprint density at radius 3 is 2.78 bits per heavy atom. The van der Waals surface area contributed by atoms with Crippen LogP contribution in [0, 0.1) is 6.92 Å². The molecule has 0 spiro atoms. The highest BCUT2D eigenvalue weighted by molar-refractivity contribution is 5.43. The summed E-state index contributed by atoms with van der Waals surface area (Å²) < 4.78 is 42.5. The van der Waals surface area contributed by atoms with E-state index in [-0.39, 0.29) is 19.1 Å². The van der Waals surface area contributed by atoms with E-state index in [0.29, 0.717) is 18.1 Å². The predicted molar refractivity (Wildman–Crippen MR) is 59.2 cm³/mol. The van der Waals surface area contributed by atoms with E-state index in [1.807, 2.05) is 0 Å². The third-order valence-corrected chi connectivity index (χ3v) is 2.61. The molecule has 0 bridgehead atoms. The SMILES string of the molecule is Cc1cc(N2CCOC(C(F)(F)F)C2)nc(N)n1. The fourth-order valence-corrected chi connectivity index (χ4v) is 1.79. The maximum atomic E-state index is 12.6. The van der Waals surface area contributed by atoms with Gasteiger partial charge < -0.3 is 15.4 Å². The minimum Gasteiger partial charge on any atom is -0.368 e. The molecule has 1 aliphatic rings. The van der Waals surface area contributed by atoms with Gasteiger partial charge in [-0.15, -0.1) is 0 Å². The van der Waals surface area contributed by atoms with Gasteiger partial charge in [0.1, 0.15) is 5.82 Å². The minimum absolute atomic E-state index is 0.00708. The Kier molecular flexibility index (Phi) is 3.29. The van der Waals surface area contributed by atoms with Crippen molar-refractivity contribution in [3.8, 4) is 0 Å². The molecule has 0 radical (unpaired) electrons. The fourth-order valence-electron chi connectivity index (χ4n) is 1.79. The summed E-state index contributed by atoms with van der Waals surface area (Å²) in [6.07, 6.45) is -6.16. The second kappa shape index (κ2) is 4.60. The lowest BCUT2D eigenvalue weighted by Gasteiger charge is -2.34. The highest BCUT2D eigenvalue weighted by atomic mass is 19.4. The van der Waals surface area contributed by atoms with Crippen molar-refractivity contribution in [2.24, 2.45) is 0 Å². The molecule has 100 valence electrons. The van der Waals surface area contributed by atoms with E-state index in [4.69, 9.17) is 10.5 Å². The van der Waals surface area contributed by atoms with Crippen molar-refractivity contribution in [3.05, 3.63) is 11.8 Å². The van der Waals surface area contributed by atoms with Gasteiger partial charge in [0.05, 0.1) is 13.2 Å². The zero-order chi connectivity index (χ0) is 13.3. The van der Waals surface area contributed by atoms with Crippen molar-refractivity contribution in [1.29, 1.82) is 0 Å². The Morgan fingerprint density at radius 2 is 2.17 bits per heavy atom. The average molecular weight is 262 g/mol. The van der Waals surface area contributed by atoms with Crippen LogP contribution in [-0.4, -0.2) is 41.9 Å². The normalized spacial score (nSPS) is 21.1. The number of anilines is 2. The van der Waals surface area contributed by atoms with Gasteiger partial charge in [-0.2, -0.15) is 18.2 Å². The first kappa shape index (κ1) is 12.9. The molecular weight excluding hydrogens is 249 g/mol. The Balaban J connectivity index is 2.18. The first-order chi connectivity index (χ1) is 8.36. The highest BCUT2D eigenvalue weighted by Crippen LogP contribution is 2.27. The quantitative estimate of drug-likeness (QED) is 0.822. The summed E-state index contributed by atoms with van der Waals surface area (Å²) in [6.45, 7) is 1.79. The molecular formula is C10H13F3N4O. The number of aryl methyl sites for hydroxylation is 1. The molecule has 0 amide bonds. The Morgan fingerprint density at radius 1 is 1.44 bits per heavy atom. The molecule has 8 heteroatoms. The van der Waals surface area contributed by atoms with Gasteiger partial charge in [-0.1, -0.05) is 0 Å². The van der Waals surface area contributed by atoms with Gasteiger partial charge in [-0.3, -0.25) is 0 Å². The topological polar surface area (TPSA) is 64.3 Å². The zero-order valence-corrected chi connectivity index (χ0v) is 9.74. The number of ether oxygens (including phenoxy) is 1. The summed E-state index contributed by atoms with van der Waals surface area (Å²) in [4.78, 5) is 9.33. The van der Waals surface area contributed by atoms with Gasteiger partial charge in [-0.05, 0) is 6.92 Å². The van der Waals surface area contributed by atoms with Gasteiger partial charge in [0, 0.05) is 18.3 Å². The van der Waals surface area contributed by atoms with E-state index in [0.717, 1.165) is 0 Å².